The van der Waals surface area contributed by atoms with Crippen LogP contribution in [-0.2, 0) is 22.4 Å². The van der Waals surface area contributed by atoms with Crippen molar-refractivity contribution in [2.24, 2.45) is 0 Å². The molecule has 182 valence electrons. The van der Waals surface area contributed by atoms with Crippen LogP contribution in [0.15, 0.2) is 77.3 Å². The first kappa shape index (κ1) is 25.8. The molecule has 1 aliphatic rings. The smallest absolute Gasteiger partial charge is 0.269 e. The molecule has 4 rings (SSSR count). The molecule has 1 heterocycles. The molecular formula is C28H23Cl2N3O2S. The molecule has 5 nitrogen and oxygen atoms in total. The van der Waals surface area contributed by atoms with Gasteiger partial charge in [-0.15, -0.1) is 0 Å². The summed E-state index contributed by atoms with van der Waals surface area (Å²) in [6.07, 6.45) is 1.22. The van der Waals surface area contributed by atoms with Crippen LogP contribution in [0.5, 0.6) is 0 Å². The fourth-order valence-electron chi connectivity index (χ4n) is 3.90. The van der Waals surface area contributed by atoms with E-state index < -0.39 is 11.2 Å². The number of thioether (sulfide) groups is 1. The maximum Gasteiger partial charge on any atom is 0.269 e. The van der Waals surface area contributed by atoms with Gasteiger partial charge in [0.1, 0.15) is 16.7 Å². The van der Waals surface area contributed by atoms with E-state index in [1.54, 1.807) is 18.2 Å². The molecule has 1 N–H and O–H groups in total. The topological polar surface area (TPSA) is 73.2 Å². The molecule has 1 fully saturated rings. The van der Waals surface area contributed by atoms with Gasteiger partial charge in [0.15, 0.2) is 0 Å². The third kappa shape index (κ3) is 5.60. The van der Waals surface area contributed by atoms with Gasteiger partial charge in [-0.3, -0.25) is 14.5 Å². The Kier molecular flexibility index (Phi) is 8.05. The number of carbonyl (C=O) groups excluding carboxylic acids is 2. The lowest BCUT2D eigenvalue weighted by Gasteiger charge is -2.19. The number of nitriles is 1. The van der Waals surface area contributed by atoms with Crippen LogP contribution in [0.25, 0.3) is 0 Å². The van der Waals surface area contributed by atoms with Crippen molar-refractivity contribution in [2.75, 3.05) is 10.2 Å². The molecule has 0 aliphatic carbocycles. The minimum absolute atomic E-state index is 0.119. The van der Waals surface area contributed by atoms with E-state index in [1.165, 1.54) is 16.7 Å². The predicted molar refractivity (Wildman–Crippen MR) is 147 cm³/mol. The zero-order chi connectivity index (χ0) is 25.8. The van der Waals surface area contributed by atoms with Crippen LogP contribution in [0.4, 0.5) is 11.4 Å². The fourth-order valence-corrected chi connectivity index (χ4v) is 5.53. The number of anilines is 2. The summed E-state index contributed by atoms with van der Waals surface area (Å²) < 4.78 is 0. The van der Waals surface area contributed by atoms with Crippen LogP contribution in [0, 0.1) is 18.3 Å². The monoisotopic (exact) mass is 535 g/mol. The number of carbonyl (C=O) groups is 2. The van der Waals surface area contributed by atoms with Gasteiger partial charge in [0.05, 0.1) is 15.3 Å². The summed E-state index contributed by atoms with van der Waals surface area (Å²) in [7, 11) is 0. The van der Waals surface area contributed by atoms with Crippen LogP contribution >= 0.6 is 35.0 Å². The van der Waals surface area contributed by atoms with Crippen LogP contribution in [0.3, 0.4) is 0 Å². The van der Waals surface area contributed by atoms with E-state index in [0.717, 1.165) is 23.1 Å². The number of hydrogen-bond acceptors (Lipinski definition) is 4. The summed E-state index contributed by atoms with van der Waals surface area (Å²) in [4.78, 5) is 28.3. The average Bonchev–Trinajstić information content (AvgIpc) is 3.17. The van der Waals surface area contributed by atoms with Crippen molar-refractivity contribution in [1.82, 2.24) is 0 Å². The molecule has 3 aromatic rings. The summed E-state index contributed by atoms with van der Waals surface area (Å²) in [6.45, 7) is 3.97. The highest BCUT2D eigenvalue weighted by Gasteiger charge is 2.40. The number of hydrogen-bond donors (Lipinski definition) is 1. The van der Waals surface area contributed by atoms with E-state index in [4.69, 9.17) is 23.2 Å². The molecule has 36 heavy (non-hydrogen) atoms. The lowest BCUT2D eigenvalue weighted by Crippen LogP contribution is -2.31. The molecule has 3 aromatic carbocycles. The van der Waals surface area contributed by atoms with Crippen LogP contribution in [-0.4, -0.2) is 17.1 Å². The number of nitrogens with zero attached hydrogens (tertiary/aromatic N) is 2. The molecule has 1 unspecified atom stereocenters. The van der Waals surface area contributed by atoms with E-state index in [0.29, 0.717) is 32.9 Å². The van der Waals surface area contributed by atoms with E-state index in [-0.39, 0.29) is 11.5 Å². The van der Waals surface area contributed by atoms with Gasteiger partial charge in [-0.1, -0.05) is 72.2 Å². The lowest BCUT2D eigenvalue weighted by atomic mass is 10.1. The first-order chi connectivity index (χ1) is 17.3. The second kappa shape index (κ2) is 11.2. The Labute approximate surface area is 224 Å². The molecule has 0 aromatic heterocycles. The van der Waals surface area contributed by atoms with Gasteiger partial charge in [-0.05, 0) is 72.9 Å². The van der Waals surface area contributed by atoms with Crippen molar-refractivity contribution in [3.05, 3.63) is 104 Å². The van der Waals surface area contributed by atoms with Gasteiger partial charge in [0.2, 0.25) is 5.91 Å². The highest BCUT2D eigenvalue weighted by Crippen LogP contribution is 2.42. The van der Waals surface area contributed by atoms with Crippen molar-refractivity contribution < 1.29 is 9.59 Å². The normalized spacial score (nSPS) is 16.6. The van der Waals surface area contributed by atoms with Gasteiger partial charge in [-0.2, -0.15) is 5.26 Å². The molecule has 0 spiro atoms. The Morgan fingerprint density at radius 3 is 2.42 bits per heavy atom. The number of halogens is 2. The van der Waals surface area contributed by atoms with Crippen molar-refractivity contribution in [2.45, 2.75) is 31.9 Å². The SMILES string of the molecule is CCc1ccc(N2C(=O)C(Cc3ccc(Cl)c(Cl)c3)S/C2=C(/C#N)C(=O)Nc2cccc(C)c2)cc1. The summed E-state index contributed by atoms with van der Waals surface area (Å²) in [5, 5.41) is 13.4. The standard InChI is InChI=1S/C28H23Cl2N3O2S/c1-3-18-7-10-21(11-8-18)33-27(35)25(15-19-9-12-23(29)24(30)14-19)36-28(33)22(16-31)26(34)32-20-6-4-5-17(2)13-20/h4-14,25H,3,15H2,1-2H3,(H,32,34)/b28-22-. The van der Waals surface area contributed by atoms with Gasteiger partial charge in [-0.25, -0.2) is 0 Å². The highest BCUT2D eigenvalue weighted by atomic mass is 35.5. The maximum absolute atomic E-state index is 13.6. The van der Waals surface area contributed by atoms with Gasteiger partial charge >= 0.3 is 0 Å². The minimum atomic E-state index is -0.566. The Bertz CT molecular complexity index is 1400. The molecule has 1 atom stereocenters. The zero-order valence-corrected chi connectivity index (χ0v) is 22.0. The molecule has 1 saturated heterocycles. The van der Waals surface area contributed by atoms with Gasteiger partial charge in [0, 0.05) is 11.4 Å². The van der Waals surface area contributed by atoms with E-state index in [2.05, 4.69) is 5.32 Å². The third-order valence-electron chi connectivity index (χ3n) is 5.79. The highest BCUT2D eigenvalue weighted by molar-refractivity contribution is 8.05. The third-order valence-corrected chi connectivity index (χ3v) is 7.79. The van der Waals surface area contributed by atoms with Crippen molar-refractivity contribution in [1.29, 1.82) is 5.26 Å². The molecule has 8 heteroatoms. The van der Waals surface area contributed by atoms with Crippen LogP contribution in [0.1, 0.15) is 23.6 Å². The Morgan fingerprint density at radius 1 is 1.06 bits per heavy atom. The quantitative estimate of drug-likeness (QED) is 0.274. The lowest BCUT2D eigenvalue weighted by molar-refractivity contribution is -0.117. The number of aryl methyl sites for hydroxylation is 2. The second-order valence-corrected chi connectivity index (χ2v) is 10.4. The molecule has 2 amide bonds. The number of amides is 2. The summed E-state index contributed by atoms with van der Waals surface area (Å²) >= 11 is 13.4. The zero-order valence-electron chi connectivity index (χ0n) is 19.7. The first-order valence-electron chi connectivity index (χ1n) is 11.4. The first-order valence-corrected chi connectivity index (χ1v) is 13.0. The van der Waals surface area contributed by atoms with Crippen molar-refractivity contribution >= 4 is 58.2 Å². The van der Waals surface area contributed by atoms with Gasteiger partial charge < -0.3 is 5.32 Å². The predicted octanol–water partition coefficient (Wildman–Crippen LogP) is 6.93. The summed E-state index contributed by atoms with van der Waals surface area (Å²) in [5.74, 6) is -0.773. The van der Waals surface area contributed by atoms with Crippen molar-refractivity contribution in [3.63, 3.8) is 0 Å². The van der Waals surface area contributed by atoms with Crippen LogP contribution in [0.2, 0.25) is 10.0 Å². The molecule has 1 aliphatic heterocycles. The molecule has 0 saturated carbocycles. The minimum Gasteiger partial charge on any atom is -0.321 e. The van der Waals surface area contributed by atoms with E-state index in [1.807, 2.05) is 68.4 Å². The fraction of sp³-hybridized carbons (Fsp3) is 0.179. The molecule has 0 bridgehead atoms. The average molecular weight is 536 g/mol. The van der Waals surface area contributed by atoms with E-state index >= 15 is 0 Å². The van der Waals surface area contributed by atoms with Crippen LogP contribution < -0.4 is 10.2 Å². The van der Waals surface area contributed by atoms with Crippen molar-refractivity contribution in [3.8, 4) is 6.07 Å². The largest absolute Gasteiger partial charge is 0.321 e. The number of benzene rings is 3. The summed E-state index contributed by atoms with van der Waals surface area (Å²) in [5.41, 5.74) is 3.99. The maximum atomic E-state index is 13.6. The molecular weight excluding hydrogens is 513 g/mol. The summed E-state index contributed by atoms with van der Waals surface area (Å²) in [6, 6.07) is 22.2. The second-order valence-electron chi connectivity index (χ2n) is 8.37. The Morgan fingerprint density at radius 2 is 1.78 bits per heavy atom. The Hall–Kier alpha value is -3.24. The Balaban J connectivity index is 1.73. The number of nitrogens with one attached hydrogen (secondary N) is 1. The molecule has 0 radical (unpaired) electrons. The number of rotatable bonds is 6. The van der Waals surface area contributed by atoms with E-state index in [9.17, 15) is 14.9 Å². The van der Waals surface area contributed by atoms with Gasteiger partial charge in [0.25, 0.3) is 5.91 Å².